The Hall–Kier alpha value is -2.67. The van der Waals surface area contributed by atoms with Crippen LogP contribution in [0.25, 0.3) is 11.5 Å². The first kappa shape index (κ1) is 14.3. The van der Waals surface area contributed by atoms with Crippen LogP contribution in [0.4, 0.5) is 5.95 Å². The summed E-state index contributed by atoms with van der Waals surface area (Å²) in [6, 6.07) is 5.68. The largest absolute Gasteiger partial charge is 0.460 e. The molecule has 22 heavy (non-hydrogen) atoms. The molecule has 0 aliphatic rings. The van der Waals surface area contributed by atoms with Crippen molar-refractivity contribution < 1.29 is 4.42 Å². The van der Waals surface area contributed by atoms with Crippen molar-refractivity contribution in [2.75, 3.05) is 18.4 Å². The maximum Gasteiger partial charge on any atom is 0.222 e. The van der Waals surface area contributed by atoms with Crippen LogP contribution in [0.1, 0.15) is 11.3 Å². The minimum atomic E-state index is 0.638. The quantitative estimate of drug-likeness (QED) is 0.578. The number of aromatic nitrogens is 4. The molecular weight excluding hydrogens is 280 g/mol. The summed E-state index contributed by atoms with van der Waals surface area (Å²) >= 11 is 0. The highest BCUT2D eigenvalue weighted by Gasteiger charge is 2.10. The van der Waals surface area contributed by atoms with Gasteiger partial charge in [0.1, 0.15) is 11.5 Å². The summed E-state index contributed by atoms with van der Waals surface area (Å²) in [6.45, 7) is 4.18. The summed E-state index contributed by atoms with van der Waals surface area (Å²) in [5, 5.41) is 13.6. The fraction of sp³-hybridized carbons (Fsp3) is 0.267. The minimum Gasteiger partial charge on any atom is -0.460 e. The number of hydrogen-bond donors (Lipinski definition) is 3. The standard InChI is InChI=1S/C15H18N6O/c1-11-3-4-13(22-11)14-12(10-20-21-14)9-16-7-8-19-15-17-5-2-6-18-15/h2-6,10,16H,7-9H2,1H3,(H,20,21)(H,17,18,19). The Morgan fingerprint density at radius 3 is 2.82 bits per heavy atom. The van der Waals surface area contributed by atoms with E-state index in [1.807, 2.05) is 25.3 Å². The molecule has 114 valence electrons. The van der Waals surface area contributed by atoms with Crippen LogP contribution in [-0.2, 0) is 6.54 Å². The van der Waals surface area contributed by atoms with Gasteiger partial charge in [0.25, 0.3) is 0 Å². The number of nitrogens with zero attached hydrogens (tertiary/aromatic N) is 3. The highest BCUT2D eigenvalue weighted by atomic mass is 16.3. The fourth-order valence-corrected chi connectivity index (χ4v) is 2.10. The average molecular weight is 298 g/mol. The lowest BCUT2D eigenvalue weighted by Gasteiger charge is -2.06. The molecule has 0 aliphatic carbocycles. The summed E-state index contributed by atoms with van der Waals surface area (Å²) in [5.41, 5.74) is 1.99. The Morgan fingerprint density at radius 1 is 1.18 bits per heavy atom. The van der Waals surface area contributed by atoms with E-state index in [9.17, 15) is 0 Å². The van der Waals surface area contributed by atoms with E-state index in [0.29, 0.717) is 12.5 Å². The van der Waals surface area contributed by atoms with E-state index in [-0.39, 0.29) is 0 Å². The number of rotatable bonds is 7. The Bertz CT molecular complexity index is 706. The Morgan fingerprint density at radius 2 is 2.05 bits per heavy atom. The number of aryl methyl sites for hydroxylation is 1. The lowest BCUT2D eigenvalue weighted by atomic mass is 10.2. The van der Waals surface area contributed by atoms with Gasteiger partial charge in [0, 0.05) is 37.6 Å². The SMILES string of the molecule is Cc1ccc(-c2[nH]ncc2CNCCNc2ncccn2)o1. The zero-order valence-corrected chi connectivity index (χ0v) is 12.3. The van der Waals surface area contributed by atoms with E-state index in [1.165, 1.54) is 0 Å². The topological polar surface area (TPSA) is 91.7 Å². The number of hydrogen-bond acceptors (Lipinski definition) is 6. The first-order valence-electron chi connectivity index (χ1n) is 7.13. The predicted octanol–water partition coefficient (Wildman–Crippen LogP) is 1.97. The third kappa shape index (κ3) is 3.50. The van der Waals surface area contributed by atoms with Gasteiger partial charge >= 0.3 is 0 Å². The molecule has 0 aliphatic heterocycles. The lowest BCUT2D eigenvalue weighted by molar-refractivity contribution is 0.545. The molecule has 0 fully saturated rings. The van der Waals surface area contributed by atoms with Gasteiger partial charge in [0.05, 0.1) is 6.20 Å². The number of aromatic amines is 1. The molecule has 3 aromatic heterocycles. The maximum absolute atomic E-state index is 5.63. The van der Waals surface area contributed by atoms with Crippen LogP contribution in [-0.4, -0.2) is 33.3 Å². The van der Waals surface area contributed by atoms with E-state index >= 15 is 0 Å². The van der Waals surface area contributed by atoms with Crippen LogP contribution in [0.2, 0.25) is 0 Å². The number of H-pyrrole nitrogens is 1. The van der Waals surface area contributed by atoms with Crippen molar-refractivity contribution in [1.82, 2.24) is 25.5 Å². The second kappa shape index (κ2) is 6.86. The first-order chi connectivity index (χ1) is 10.8. The van der Waals surface area contributed by atoms with E-state index in [1.54, 1.807) is 18.5 Å². The van der Waals surface area contributed by atoms with Gasteiger partial charge < -0.3 is 15.1 Å². The molecule has 0 spiro atoms. The summed E-state index contributed by atoms with van der Waals surface area (Å²) in [4.78, 5) is 8.21. The van der Waals surface area contributed by atoms with Crippen LogP contribution >= 0.6 is 0 Å². The second-order valence-electron chi connectivity index (χ2n) is 4.86. The molecule has 0 amide bonds. The van der Waals surface area contributed by atoms with Gasteiger partial charge in [-0.2, -0.15) is 5.10 Å². The Kier molecular flexibility index (Phi) is 4.45. The molecule has 3 rings (SSSR count). The normalized spacial score (nSPS) is 10.8. The van der Waals surface area contributed by atoms with E-state index in [4.69, 9.17) is 4.42 Å². The highest BCUT2D eigenvalue weighted by molar-refractivity contribution is 5.56. The molecule has 0 saturated heterocycles. The third-order valence-corrected chi connectivity index (χ3v) is 3.17. The van der Waals surface area contributed by atoms with Gasteiger partial charge in [-0.3, -0.25) is 5.10 Å². The summed E-state index contributed by atoms with van der Waals surface area (Å²) < 4.78 is 5.63. The average Bonchev–Trinajstić information content (AvgIpc) is 3.16. The Balaban J connectivity index is 1.47. The zero-order chi connectivity index (χ0) is 15.2. The predicted molar refractivity (Wildman–Crippen MR) is 83.3 cm³/mol. The number of furan rings is 1. The van der Waals surface area contributed by atoms with E-state index < -0.39 is 0 Å². The fourth-order valence-electron chi connectivity index (χ4n) is 2.10. The first-order valence-corrected chi connectivity index (χ1v) is 7.13. The van der Waals surface area contributed by atoms with Crippen LogP contribution in [0.3, 0.4) is 0 Å². The summed E-state index contributed by atoms with van der Waals surface area (Å²) in [5.74, 6) is 2.33. The van der Waals surface area contributed by atoms with Gasteiger partial charge in [0.15, 0.2) is 5.76 Å². The van der Waals surface area contributed by atoms with Crippen LogP contribution in [0.5, 0.6) is 0 Å². The van der Waals surface area contributed by atoms with Crippen molar-refractivity contribution in [3.63, 3.8) is 0 Å². The molecule has 3 heterocycles. The van der Waals surface area contributed by atoms with Crippen molar-refractivity contribution >= 4 is 5.95 Å². The molecule has 3 aromatic rings. The van der Waals surface area contributed by atoms with Crippen molar-refractivity contribution in [1.29, 1.82) is 0 Å². The van der Waals surface area contributed by atoms with Gasteiger partial charge in [-0.05, 0) is 25.1 Å². The smallest absolute Gasteiger partial charge is 0.222 e. The van der Waals surface area contributed by atoms with Crippen molar-refractivity contribution in [3.8, 4) is 11.5 Å². The summed E-state index contributed by atoms with van der Waals surface area (Å²) in [7, 11) is 0. The zero-order valence-electron chi connectivity index (χ0n) is 12.3. The number of anilines is 1. The molecule has 7 nitrogen and oxygen atoms in total. The van der Waals surface area contributed by atoms with Gasteiger partial charge in [0.2, 0.25) is 5.95 Å². The number of nitrogens with one attached hydrogen (secondary N) is 3. The highest BCUT2D eigenvalue weighted by Crippen LogP contribution is 2.23. The third-order valence-electron chi connectivity index (χ3n) is 3.17. The van der Waals surface area contributed by atoms with Crippen LogP contribution in [0, 0.1) is 6.92 Å². The second-order valence-corrected chi connectivity index (χ2v) is 4.86. The minimum absolute atomic E-state index is 0.638. The van der Waals surface area contributed by atoms with Crippen molar-refractivity contribution in [2.45, 2.75) is 13.5 Å². The molecule has 0 bridgehead atoms. The molecule has 7 heteroatoms. The van der Waals surface area contributed by atoms with Gasteiger partial charge in [-0.25, -0.2) is 9.97 Å². The van der Waals surface area contributed by atoms with E-state index in [0.717, 1.165) is 35.9 Å². The summed E-state index contributed by atoms with van der Waals surface area (Å²) in [6.07, 6.45) is 5.24. The monoisotopic (exact) mass is 298 g/mol. The molecule has 0 atom stereocenters. The van der Waals surface area contributed by atoms with Crippen LogP contribution < -0.4 is 10.6 Å². The Labute approximate surface area is 128 Å². The van der Waals surface area contributed by atoms with Gasteiger partial charge in [-0.1, -0.05) is 0 Å². The molecule has 0 unspecified atom stereocenters. The van der Waals surface area contributed by atoms with Crippen molar-refractivity contribution in [3.05, 3.63) is 48.1 Å². The van der Waals surface area contributed by atoms with E-state index in [2.05, 4.69) is 30.8 Å². The van der Waals surface area contributed by atoms with Crippen molar-refractivity contribution in [2.24, 2.45) is 0 Å². The lowest BCUT2D eigenvalue weighted by Crippen LogP contribution is -2.22. The van der Waals surface area contributed by atoms with Gasteiger partial charge in [-0.15, -0.1) is 0 Å². The molecule has 0 radical (unpaired) electrons. The molecular formula is C15H18N6O. The maximum atomic E-state index is 5.63. The van der Waals surface area contributed by atoms with Crippen LogP contribution in [0.15, 0.2) is 41.2 Å². The molecule has 0 aromatic carbocycles. The molecule has 3 N–H and O–H groups in total. The molecule has 0 saturated carbocycles.